The molecule has 0 bridgehead atoms. The highest BCUT2D eigenvalue weighted by Crippen LogP contribution is 2.17. The highest BCUT2D eigenvalue weighted by molar-refractivity contribution is 5.74. The van der Waals surface area contributed by atoms with Crippen LogP contribution in [0.15, 0.2) is 36.4 Å². The zero-order valence-electron chi connectivity index (χ0n) is 14.8. The minimum Gasteiger partial charge on any atom is -0.396 e. The monoisotopic (exact) mass is 343 g/mol. The van der Waals surface area contributed by atoms with Crippen LogP contribution in [0.25, 0.3) is 0 Å². The van der Waals surface area contributed by atoms with Gasteiger partial charge in [-0.2, -0.15) is 0 Å². The fourth-order valence-corrected chi connectivity index (χ4v) is 3.56. The van der Waals surface area contributed by atoms with E-state index in [1.165, 1.54) is 37.9 Å². The van der Waals surface area contributed by atoms with Gasteiger partial charge in [0.1, 0.15) is 0 Å². The molecule has 3 rings (SSSR count). The van der Waals surface area contributed by atoms with Crippen molar-refractivity contribution in [3.63, 3.8) is 0 Å². The average molecular weight is 343 g/mol. The molecule has 1 aromatic carbocycles. The normalized spacial score (nSPS) is 23.6. The molecule has 0 saturated carbocycles. The third-order valence-corrected chi connectivity index (χ3v) is 5.05. The van der Waals surface area contributed by atoms with Gasteiger partial charge in [0.15, 0.2) is 0 Å². The standard InChI is InChI=1S/C20H29N3O2/c24-15-18-8-9-19(12-18)22-20(25)21-13-16-4-6-17(7-5-16)14-23-10-2-1-3-11-23/h4-9,18-19,24H,1-3,10-15H2,(H2,21,22,25)/t18-,19+/m0/s1. The van der Waals surface area contributed by atoms with Gasteiger partial charge in [0.2, 0.25) is 0 Å². The first-order valence-corrected chi connectivity index (χ1v) is 9.36. The lowest BCUT2D eigenvalue weighted by Crippen LogP contribution is -2.40. The van der Waals surface area contributed by atoms with E-state index < -0.39 is 0 Å². The van der Waals surface area contributed by atoms with E-state index in [2.05, 4.69) is 39.8 Å². The van der Waals surface area contributed by atoms with Crippen molar-refractivity contribution < 1.29 is 9.90 Å². The van der Waals surface area contributed by atoms with Crippen molar-refractivity contribution in [2.45, 2.75) is 44.8 Å². The Morgan fingerprint density at radius 3 is 2.48 bits per heavy atom. The first-order valence-electron chi connectivity index (χ1n) is 9.36. The number of likely N-dealkylation sites (tertiary alicyclic amines) is 1. The summed E-state index contributed by atoms with van der Waals surface area (Å²) in [6, 6.07) is 8.37. The molecule has 25 heavy (non-hydrogen) atoms. The van der Waals surface area contributed by atoms with Crippen molar-refractivity contribution in [2.24, 2.45) is 5.92 Å². The average Bonchev–Trinajstić information content (AvgIpc) is 3.09. The van der Waals surface area contributed by atoms with Gasteiger partial charge >= 0.3 is 6.03 Å². The maximum absolute atomic E-state index is 12.0. The largest absolute Gasteiger partial charge is 0.396 e. The van der Waals surface area contributed by atoms with Gasteiger partial charge in [-0.15, -0.1) is 0 Å². The van der Waals surface area contributed by atoms with Crippen LogP contribution in [0, 0.1) is 5.92 Å². The Bertz CT molecular complexity index is 579. The van der Waals surface area contributed by atoms with E-state index in [-0.39, 0.29) is 24.6 Å². The fraction of sp³-hybridized carbons (Fsp3) is 0.550. The number of aliphatic hydroxyl groups excluding tert-OH is 1. The van der Waals surface area contributed by atoms with Crippen LogP contribution < -0.4 is 10.6 Å². The van der Waals surface area contributed by atoms with Gasteiger partial charge < -0.3 is 15.7 Å². The van der Waals surface area contributed by atoms with Gasteiger partial charge in [0.05, 0.1) is 0 Å². The van der Waals surface area contributed by atoms with E-state index in [1.54, 1.807) is 0 Å². The van der Waals surface area contributed by atoms with Crippen molar-refractivity contribution in [2.75, 3.05) is 19.7 Å². The molecular formula is C20H29N3O2. The summed E-state index contributed by atoms with van der Waals surface area (Å²) in [6.45, 7) is 4.09. The van der Waals surface area contributed by atoms with Crippen molar-refractivity contribution in [1.82, 2.24) is 15.5 Å². The van der Waals surface area contributed by atoms with Gasteiger partial charge in [-0.25, -0.2) is 4.79 Å². The van der Waals surface area contributed by atoms with Crippen molar-refractivity contribution in [3.05, 3.63) is 47.5 Å². The molecule has 0 radical (unpaired) electrons. The van der Waals surface area contributed by atoms with Crippen LogP contribution in [-0.2, 0) is 13.1 Å². The Morgan fingerprint density at radius 2 is 1.80 bits per heavy atom. The van der Waals surface area contributed by atoms with E-state index in [4.69, 9.17) is 5.11 Å². The number of hydrogen-bond acceptors (Lipinski definition) is 3. The van der Waals surface area contributed by atoms with Crippen LogP contribution in [0.3, 0.4) is 0 Å². The molecule has 1 fully saturated rings. The molecule has 2 aliphatic rings. The molecule has 2 amide bonds. The minimum atomic E-state index is -0.161. The summed E-state index contributed by atoms with van der Waals surface area (Å²) in [6.07, 6.45) is 8.68. The third-order valence-electron chi connectivity index (χ3n) is 5.05. The molecule has 2 atom stereocenters. The number of benzene rings is 1. The van der Waals surface area contributed by atoms with Crippen molar-refractivity contribution in [1.29, 1.82) is 0 Å². The van der Waals surface area contributed by atoms with Gasteiger partial charge in [0.25, 0.3) is 0 Å². The van der Waals surface area contributed by atoms with Crippen LogP contribution >= 0.6 is 0 Å². The summed E-state index contributed by atoms with van der Waals surface area (Å²) in [5.41, 5.74) is 2.44. The molecule has 1 aromatic rings. The number of rotatable bonds is 6. The number of hydrogen-bond donors (Lipinski definition) is 3. The predicted molar refractivity (Wildman–Crippen MR) is 99.1 cm³/mol. The van der Waals surface area contributed by atoms with Crippen LogP contribution in [0.5, 0.6) is 0 Å². The molecular weight excluding hydrogens is 314 g/mol. The lowest BCUT2D eigenvalue weighted by atomic mass is 10.1. The fourth-order valence-electron chi connectivity index (χ4n) is 3.56. The molecule has 5 heteroatoms. The number of aliphatic hydroxyl groups is 1. The summed E-state index contributed by atoms with van der Waals surface area (Å²) in [4.78, 5) is 14.5. The lowest BCUT2D eigenvalue weighted by molar-refractivity contribution is 0.221. The Labute approximate surface area is 150 Å². The second-order valence-corrected chi connectivity index (χ2v) is 7.15. The summed E-state index contributed by atoms with van der Waals surface area (Å²) in [7, 11) is 0. The summed E-state index contributed by atoms with van der Waals surface area (Å²) < 4.78 is 0. The van der Waals surface area contributed by atoms with E-state index >= 15 is 0 Å². The first-order chi connectivity index (χ1) is 12.2. The highest BCUT2D eigenvalue weighted by Gasteiger charge is 2.19. The van der Waals surface area contributed by atoms with E-state index in [0.717, 1.165) is 18.5 Å². The number of amides is 2. The first kappa shape index (κ1) is 18.0. The topological polar surface area (TPSA) is 64.6 Å². The molecule has 3 N–H and O–H groups in total. The maximum Gasteiger partial charge on any atom is 0.315 e. The Balaban J connectivity index is 1.39. The number of piperidine rings is 1. The predicted octanol–water partition coefficient (Wildman–Crippen LogP) is 2.41. The SMILES string of the molecule is O=C(NCc1ccc(CN2CCCCC2)cc1)N[C@@H]1C=C[C@H](CO)C1. The quantitative estimate of drug-likeness (QED) is 0.695. The van der Waals surface area contributed by atoms with Crippen molar-refractivity contribution in [3.8, 4) is 0 Å². The zero-order valence-corrected chi connectivity index (χ0v) is 14.8. The molecule has 5 nitrogen and oxygen atoms in total. The number of nitrogens with one attached hydrogen (secondary N) is 2. The molecule has 1 aliphatic heterocycles. The van der Waals surface area contributed by atoms with Gasteiger partial charge in [-0.05, 0) is 43.5 Å². The molecule has 1 heterocycles. The number of urea groups is 1. The van der Waals surface area contributed by atoms with E-state index in [0.29, 0.717) is 6.54 Å². The van der Waals surface area contributed by atoms with Crippen LogP contribution in [0.4, 0.5) is 4.79 Å². The number of nitrogens with zero attached hydrogens (tertiary/aromatic N) is 1. The van der Waals surface area contributed by atoms with Gasteiger partial charge in [0, 0.05) is 31.7 Å². The van der Waals surface area contributed by atoms with E-state index in [1.807, 2.05) is 12.2 Å². The van der Waals surface area contributed by atoms with Gasteiger partial charge in [-0.1, -0.05) is 42.8 Å². The number of carbonyl (C=O) groups is 1. The zero-order chi connectivity index (χ0) is 17.5. The maximum atomic E-state index is 12.0. The molecule has 1 saturated heterocycles. The Morgan fingerprint density at radius 1 is 1.08 bits per heavy atom. The second-order valence-electron chi connectivity index (χ2n) is 7.15. The molecule has 0 spiro atoms. The molecule has 136 valence electrons. The summed E-state index contributed by atoms with van der Waals surface area (Å²) in [5.74, 6) is 0.165. The second kappa shape index (κ2) is 9.02. The Hall–Kier alpha value is -1.85. The summed E-state index contributed by atoms with van der Waals surface area (Å²) in [5, 5.41) is 14.9. The van der Waals surface area contributed by atoms with Crippen LogP contribution in [0.2, 0.25) is 0 Å². The Kier molecular flexibility index (Phi) is 6.48. The molecule has 1 aliphatic carbocycles. The highest BCUT2D eigenvalue weighted by atomic mass is 16.3. The summed E-state index contributed by atoms with van der Waals surface area (Å²) >= 11 is 0. The van der Waals surface area contributed by atoms with Crippen molar-refractivity contribution >= 4 is 6.03 Å². The molecule has 0 aromatic heterocycles. The lowest BCUT2D eigenvalue weighted by Gasteiger charge is -2.26. The van der Waals surface area contributed by atoms with Gasteiger partial charge in [-0.3, -0.25) is 4.90 Å². The van der Waals surface area contributed by atoms with Crippen LogP contribution in [0.1, 0.15) is 36.8 Å². The van der Waals surface area contributed by atoms with E-state index in [9.17, 15) is 4.79 Å². The van der Waals surface area contributed by atoms with Crippen LogP contribution in [-0.4, -0.2) is 41.8 Å². The minimum absolute atomic E-state index is 0.0177. The smallest absolute Gasteiger partial charge is 0.315 e. The third kappa shape index (κ3) is 5.58. The number of carbonyl (C=O) groups excluding carboxylic acids is 1. The molecule has 0 unspecified atom stereocenters.